The van der Waals surface area contributed by atoms with Gasteiger partial charge in [0.1, 0.15) is 5.60 Å². The van der Waals surface area contributed by atoms with Crippen LogP contribution >= 0.6 is 0 Å². The molecule has 7 fully saturated rings. The predicted octanol–water partition coefficient (Wildman–Crippen LogP) is 8.36. The van der Waals surface area contributed by atoms with Crippen molar-refractivity contribution in [1.82, 2.24) is 4.90 Å². The Morgan fingerprint density at radius 3 is 2.26 bits per heavy atom. The summed E-state index contributed by atoms with van der Waals surface area (Å²) in [5.41, 5.74) is -0.0865. The van der Waals surface area contributed by atoms with Crippen LogP contribution in [0.5, 0.6) is 0 Å². The molecular weight excluding hydrogens is 418 g/mol. The van der Waals surface area contributed by atoms with Gasteiger partial charge in [-0.15, -0.1) is 0 Å². The minimum Gasteiger partial charge on any atom is -0.443 e. The van der Waals surface area contributed by atoms with E-state index in [9.17, 15) is 4.79 Å². The number of carbonyl (C=O) groups excluding carboxylic acids is 1. The van der Waals surface area contributed by atoms with Crippen LogP contribution < -0.4 is 0 Å². The molecule has 1 aliphatic heterocycles. The molecule has 7 aliphatic rings. The van der Waals surface area contributed by atoms with Crippen LogP contribution in [0.4, 0.5) is 4.79 Å². The lowest BCUT2D eigenvalue weighted by Gasteiger charge is -2.50. The summed E-state index contributed by atoms with van der Waals surface area (Å²) in [7, 11) is 0. The summed E-state index contributed by atoms with van der Waals surface area (Å²) < 4.78 is 6.79. The maximum atomic E-state index is 14.3. The summed E-state index contributed by atoms with van der Waals surface area (Å²) >= 11 is 0. The molecule has 7 unspecified atom stereocenters. The summed E-state index contributed by atoms with van der Waals surface area (Å²) in [4.78, 5) is 16.7. The quantitative estimate of drug-likeness (QED) is 0.406. The van der Waals surface area contributed by atoms with E-state index >= 15 is 0 Å². The van der Waals surface area contributed by atoms with Gasteiger partial charge < -0.3 is 9.64 Å². The Bertz CT molecular complexity index is 747. The van der Waals surface area contributed by atoms with E-state index in [4.69, 9.17) is 4.74 Å². The molecule has 1 heterocycles. The first-order valence-corrected chi connectivity index (χ1v) is 15.4. The Morgan fingerprint density at radius 1 is 0.794 bits per heavy atom. The van der Waals surface area contributed by atoms with Gasteiger partial charge in [-0.1, -0.05) is 51.9 Å². The first-order valence-electron chi connectivity index (χ1n) is 15.4. The van der Waals surface area contributed by atoms with E-state index in [0.717, 1.165) is 29.6 Å². The van der Waals surface area contributed by atoms with Crippen LogP contribution in [0.3, 0.4) is 0 Å². The van der Waals surface area contributed by atoms with Crippen LogP contribution in [0.25, 0.3) is 0 Å². The molecule has 3 nitrogen and oxygen atoms in total. The van der Waals surface area contributed by atoms with Crippen molar-refractivity contribution in [3.8, 4) is 0 Å². The summed E-state index contributed by atoms with van der Waals surface area (Å²) in [6.45, 7) is 7.07. The minimum absolute atomic E-state index is 0.0695. The van der Waals surface area contributed by atoms with Gasteiger partial charge >= 0.3 is 6.09 Å². The molecule has 0 radical (unpaired) electrons. The largest absolute Gasteiger partial charge is 0.443 e. The van der Waals surface area contributed by atoms with Crippen LogP contribution in [0, 0.1) is 40.9 Å². The van der Waals surface area contributed by atoms with Gasteiger partial charge in [0.05, 0.1) is 0 Å². The fourth-order valence-corrected chi connectivity index (χ4v) is 10.7. The van der Waals surface area contributed by atoms with Gasteiger partial charge in [0, 0.05) is 17.5 Å². The molecular formula is C31H51NO2. The van der Waals surface area contributed by atoms with Gasteiger partial charge in [-0.2, -0.15) is 0 Å². The molecule has 6 bridgehead atoms. The number of fused-ring (bicyclic) bond motifs is 3. The second kappa shape index (κ2) is 8.98. The molecule has 0 aromatic heterocycles. The average Bonchev–Trinajstić information content (AvgIpc) is 3.19. The second-order valence-corrected chi connectivity index (χ2v) is 14.6. The van der Waals surface area contributed by atoms with E-state index in [2.05, 4.69) is 25.7 Å². The molecule has 7 atom stereocenters. The highest BCUT2D eigenvalue weighted by molar-refractivity contribution is 5.69. The zero-order valence-electron chi connectivity index (χ0n) is 22.4. The molecule has 0 N–H and O–H groups in total. The van der Waals surface area contributed by atoms with Crippen molar-refractivity contribution in [2.45, 2.75) is 148 Å². The monoisotopic (exact) mass is 469 g/mol. The predicted molar refractivity (Wildman–Crippen MR) is 138 cm³/mol. The topological polar surface area (TPSA) is 29.5 Å². The summed E-state index contributed by atoms with van der Waals surface area (Å²) in [5.74, 6) is 4.88. The van der Waals surface area contributed by atoms with Crippen LogP contribution in [0.2, 0.25) is 0 Å². The van der Waals surface area contributed by atoms with Crippen molar-refractivity contribution in [2.24, 2.45) is 40.9 Å². The fourth-order valence-electron chi connectivity index (χ4n) is 10.7. The number of amides is 1. The van der Waals surface area contributed by atoms with Gasteiger partial charge in [-0.3, -0.25) is 0 Å². The average molecular weight is 470 g/mol. The van der Waals surface area contributed by atoms with Crippen molar-refractivity contribution in [3.63, 3.8) is 0 Å². The molecule has 192 valence electrons. The van der Waals surface area contributed by atoms with Gasteiger partial charge in [-0.05, 0) is 114 Å². The number of ether oxygens (including phenoxy) is 1. The molecule has 1 saturated heterocycles. The standard InChI is InChI=1S/C31H51NO2/c1-21-8-6-9-22-10-7-12-27(18-22)32(28-13-5-4-11-25(28)14-21)29(33)34-30(2,3)31-19-23-15-24(20-31)17-26(31)16-23/h21-28H,4-20H2,1-3H3. The van der Waals surface area contributed by atoms with E-state index < -0.39 is 0 Å². The number of carbonyl (C=O) groups is 1. The molecule has 1 amide bonds. The zero-order chi connectivity index (χ0) is 23.5. The molecule has 0 aromatic carbocycles. The summed E-state index contributed by atoms with van der Waals surface area (Å²) in [6.07, 6.45) is 22.6. The lowest BCUT2D eigenvalue weighted by atomic mass is 9.66. The van der Waals surface area contributed by atoms with Crippen molar-refractivity contribution < 1.29 is 9.53 Å². The van der Waals surface area contributed by atoms with Gasteiger partial charge in [-0.25, -0.2) is 4.79 Å². The third-order valence-corrected chi connectivity index (χ3v) is 12.1. The van der Waals surface area contributed by atoms with Crippen molar-refractivity contribution in [3.05, 3.63) is 0 Å². The molecule has 0 aromatic rings. The minimum atomic E-state index is -0.337. The van der Waals surface area contributed by atoms with E-state index in [1.165, 1.54) is 109 Å². The smallest absolute Gasteiger partial charge is 0.410 e. The molecule has 3 heteroatoms. The van der Waals surface area contributed by atoms with E-state index in [1.54, 1.807) is 0 Å². The first-order chi connectivity index (χ1) is 16.3. The highest BCUT2D eigenvalue weighted by Gasteiger charge is 2.65. The van der Waals surface area contributed by atoms with E-state index in [0.29, 0.717) is 18.0 Å². The van der Waals surface area contributed by atoms with Crippen LogP contribution in [-0.2, 0) is 4.74 Å². The van der Waals surface area contributed by atoms with Crippen LogP contribution in [0.15, 0.2) is 0 Å². The number of rotatable bonds is 2. The highest BCUT2D eigenvalue weighted by Crippen LogP contribution is 2.69. The maximum Gasteiger partial charge on any atom is 0.410 e. The zero-order valence-corrected chi connectivity index (χ0v) is 22.4. The van der Waals surface area contributed by atoms with Crippen molar-refractivity contribution >= 4 is 6.09 Å². The van der Waals surface area contributed by atoms with Gasteiger partial charge in [0.2, 0.25) is 0 Å². The Balaban J connectivity index is 1.28. The molecule has 6 saturated carbocycles. The maximum absolute atomic E-state index is 14.3. The Kier molecular flexibility index (Phi) is 6.25. The summed E-state index contributed by atoms with van der Waals surface area (Å²) in [5, 5.41) is 0. The Hall–Kier alpha value is -0.730. The third kappa shape index (κ3) is 4.03. The number of nitrogens with zero attached hydrogens (tertiary/aromatic N) is 1. The third-order valence-electron chi connectivity index (χ3n) is 12.1. The Labute approximate surface area is 209 Å². The number of hydrogen-bond acceptors (Lipinski definition) is 2. The molecule has 0 spiro atoms. The van der Waals surface area contributed by atoms with Crippen molar-refractivity contribution in [2.75, 3.05) is 0 Å². The van der Waals surface area contributed by atoms with Crippen LogP contribution in [0.1, 0.15) is 130 Å². The molecule has 6 aliphatic carbocycles. The fraction of sp³-hybridized carbons (Fsp3) is 0.968. The van der Waals surface area contributed by atoms with Gasteiger partial charge in [0.15, 0.2) is 0 Å². The lowest BCUT2D eigenvalue weighted by Crippen LogP contribution is -2.56. The van der Waals surface area contributed by atoms with E-state index in [-0.39, 0.29) is 17.1 Å². The lowest BCUT2D eigenvalue weighted by molar-refractivity contribution is -0.103. The van der Waals surface area contributed by atoms with Crippen molar-refractivity contribution in [1.29, 1.82) is 0 Å². The second-order valence-electron chi connectivity index (χ2n) is 14.6. The first kappa shape index (κ1) is 23.7. The number of hydrogen-bond donors (Lipinski definition) is 0. The van der Waals surface area contributed by atoms with E-state index in [1.807, 2.05) is 0 Å². The Morgan fingerprint density at radius 2 is 1.50 bits per heavy atom. The molecule has 34 heavy (non-hydrogen) atoms. The van der Waals surface area contributed by atoms with Gasteiger partial charge in [0.25, 0.3) is 0 Å². The highest BCUT2D eigenvalue weighted by atomic mass is 16.6. The molecule has 7 rings (SSSR count). The normalized spacial score (nSPS) is 46.6. The van der Waals surface area contributed by atoms with Crippen LogP contribution in [-0.4, -0.2) is 28.7 Å². The summed E-state index contributed by atoms with van der Waals surface area (Å²) in [6, 6.07) is 0.824. The SMILES string of the molecule is CC1CCCC2CCCC(C2)N(C(=O)OC(C)(C)C23CC4CC(CC2C4)C3)C2CCCCC2C1.